The minimum atomic E-state index is -0.508. The lowest BCUT2D eigenvalue weighted by Crippen LogP contribution is -2.23. The minimum absolute atomic E-state index is 0.183. The number of nitrogens with one attached hydrogen (secondary N) is 1. The highest BCUT2D eigenvalue weighted by molar-refractivity contribution is 5.93. The minimum Gasteiger partial charge on any atom is -0.461 e. The normalized spacial score (nSPS) is 10.5. The van der Waals surface area contributed by atoms with Crippen LogP contribution >= 0.6 is 0 Å². The third kappa shape index (κ3) is 2.92. The van der Waals surface area contributed by atoms with Crippen LogP contribution in [0.2, 0.25) is 0 Å². The summed E-state index contributed by atoms with van der Waals surface area (Å²) in [4.78, 5) is 22.6. The second-order valence-electron chi connectivity index (χ2n) is 4.19. The quantitative estimate of drug-likeness (QED) is 0.785. The van der Waals surface area contributed by atoms with Crippen LogP contribution in [0.1, 0.15) is 16.1 Å². The summed E-state index contributed by atoms with van der Waals surface area (Å²) in [5.41, 5.74) is 0.294. The van der Waals surface area contributed by atoms with Gasteiger partial charge in [-0.25, -0.2) is 4.79 Å². The van der Waals surface area contributed by atoms with Gasteiger partial charge in [0, 0.05) is 12.1 Å². The second kappa shape index (κ2) is 5.49. The van der Waals surface area contributed by atoms with Crippen LogP contribution in [0.3, 0.4) is 0 Å². The molecule has 0 aliphatic carbocycles. The van der Waals surface area contributed by atoms with Crippen LogP contribution in [0.5, 0.6) is 0 Å². The first-order chi connectivity index (χ1) is 10.2. The molecule has 0 saturated heterocycles. The summed E-state index contributed by atoms with van der Waals surface area (Å²) in [6, 6.07) is 7.72. The van der Waals surface area contributed by atoms with E-state index in [-0.39, 0.29) is 18.0 Å². The fraction of sp³-hybridized carbons (Fsp3) is 0.0714. The maximum atomic E-state index is 11.8. The van der Waals surface area contributed by atoms with E-state index >= 15 is 0 Å². The van der Waals surface area contributed by atoms with Gasteiger partial charge in [-0.2, -0.15) is 0 Å². The van der Waals surface area contributed by atoms with Crippen LogP contribution < -0.4 is 10.9 Å². The summed E-state index contributed by atoms with van der Waals surface area (Å²) in [7, 11) is 0. The molecule has 7 heteroatoms. The van der Waals surface area contributed by atoms with E-state index in [0.717, 1.165) is 6.26 Å². The highest BCUT2D eigenvalue weighted by Gasteiger charge is 2.11. The molecule has 1 amide bonds. The average Bonchev–Trinajstić information content (AvgIpc) is 3.16. The molecule has 3 rings (SSSR count). The maximum absolute atomic E-state index is 11.8. The molecule has 106 valence electrons. The van der Waals surface area contributed by atoms with Gasteiger partial charge in [-0.3, -0.25) is 4.79 Å². The van der Waals surface area contributed by atoms with E-state index in [1.54, 1.807) is 18.2 Å². The Morgan fingerprint density at radius 3 is 2.81 bits per heavy atom. The van der Waals surface area contributed by atoms with Gasteiger partial charge in [-0.15, -0.1) is 0 Å². The van der Waals surface area contributed by atoms with Crippen LogP contribution in [0.15, 0.2) is 61.0 Å². The van der Waals surface area contributed by atoms with Gasteiger partial charge < -0.3 is 18.7 Å². The molecule has 3 aromatic heterocycles. The third-order valence-electron chi connectivity index (χ3n) is 2.72. The Morgan fingerprint density at radius 2 is 2.10 bits per heavy atom. The zero-order chi connectivity index (χ0) is 14.7. The topological polar surface area (TPSA) is 98.5 Å². The van der Waals surface area contributed by atoms with E-state index in [1.807, 2.05) is 0 Å². The molecule has 0 aliphatic rings. The van der Waals surface area contributed by atoms with E-state index in [2.05, 4.69) is 14.9 Å². The van der Waals surface area contributed by atoms with Crippen molar-refractivity contribution in [2.24, 2.45) is 0 Å². The molecule has 3 aromatic rings. The molecule has 0 atom stereocenters. The summed E-state index contributed by atoms with van der Waals surface area (Å²) in [5, 5.41) is 6.47. The number of rotatable bonds is 4. The predicted octanol–water partition coefficient (Wildman–Crippen LogP) is 1.82. The molecule has 0 aliphatic heterocycles. The van der Waals surface area contributed by atoms with Gasteiger partial charge in [0.2, 0.25) is 5.76 Å². The Balaban J connectivity index is 1.64. The van der Waals surface area contributed by atoms with E-state index < -0.39 is 5.63 Å². The summed E-state index contributed by atoms with van der Waals surface area (Å²) in [5.74, 6) is 0.668. The van der Waals surface area contributed by atoms with Crippen molar-refractivity contribution in [3.8, 4) is 11.5 Å². The van der Waals surface area contributed by atoms with E-state index in [9.17, 15) is 9.59 Å². The fourth-order valence-electron chi connectivity index (χ4n) is 1.69. The molecule has 3 heterocycles. The standard InChI is InChI=1S/C14H10N2O5/c17-13-4-3-9(8-20-13)14(18)15-7-10-6-12(21-16-10)11-2-1-5-19-11/h1-6,8H,7H2,(H,15,18). The first-order valence-electron chi connectivity index (χ1n) is 6.09. The Bertz CT molecular complexity index is 780. The van der Waals surface area contributed by atoms with Gasteiger partial charge in [-0.1, -0.05) is 5.16 Å². The van der Waals surface area contributed by atoms with Crippen LogP contribution in [-0.2, 0) is 6.54 Å². The van der Waals surface area contributed by atoms with Crippen molar-refractivity contribution in [1.82, 2.24) is 10.5 Å². The number of hydrogen-bond acceptors (Lipinski definition) is 6. The molecular formula is C14H10N2O5. The molecule has 0 unspecified atom stereocenters. The van der Waals surface area contributed by atoms with Gasteiger partial charge in [0.05, 0.1) is 18.4 Å². The van der Waals surface area contributed by atoms with Gasteiger partial charge in [0.15, 0.2) is 5.76 Å². The van der Waals surface area contributed by atoms with Gasteiger partial charge >= 0.3 is 5.63 Å². The van der Waals surface area contributed by atoms with Crippen molar-refractivity contribution < 1.29 is 18.2 Å². The lowest BCUT2D eigenvalue weighted by atomic mass is 10.2. The molecule has 0 fully saturated rings. The number of carbonyl (C=O) groups is 1. The Kier molecular flexibility index (Phi) is 3.38. The first-order valence-corrected chi connectivity index (χ1v) is 6.09. The molecule has 0 radical (unpaired) electrons. The number of hydrogen-bond donors (Lipinski definition) is 1. The Hall–Kier alpha value is -3.09. The molecule has 0 spiro atoms. The van der Waals surface area contributed by atoms with Crippen molar-refractivity contribution in [2.45, 2.75) is 6.54 Å². The molecule has 21 heavy (non-hydrogen) atoms. The number of amides is 1. The maximum Gasteiger partial charge on any atom is 0.335 e. The van der Waals surface area contributed by atoms with Gasteiger partial charge in [-0.05, 0) is 18.2 Å². The summed E-state index contributed by atoms with van der Waals surface area (Å²) < 4.78 is 14.9. The average molecular weight is 286 g/mol. The van der Waals surface area contributed by atoms with Crippen LogP contribution in [0.4, 0.5) is 0 Å². The van der Waals surface area contributed by atoms with Crippen LogP contribution in [0, 0.1) is 0 Å². The number of furan rings is 1. The largest absolute Gasteiger partial charge is 0.461 e. The van der Waals surface area contributed by atoms with Crippen molar-refractivity contribution >= 4 is 5.91 Å². The van der Waals surface area contributed by atoms with E-state index in [4.69, 9.17) is 8.94 Å². The Labute approximate surface area is 118 Å². The highest BCUT2D eigenvalue weighted by Crippen LogP contribution is 2.20. The first kappa shape index (κ1) is 12.9. The van der Waals surface area contributed by atoms with Crippen molar-refractivity contribution in [1.29, 1.82) is 0 Å². The van der Waals surface area contributed by atoms with E-state index in [0.29, 0.717) is 17.2 Å². The van der Waals surface area contributed by atoms with Gasteiger partial charge in [0.1, 0.15) is 12.0 Å². The number of aromatic nitrogens is 1. The van der Waals surface area contributed by atoms with Crippen LogP contribution in [0.25, 0.3) is 11.5 Å². The van der Waals surface area contributed by atoms with Gasteiger partial charge in [0.25, 0.3) is 5.91 Å². The van der Waals surface area contributed by atoms with Crippen molar-refractivity contribution in [2.75, 3.05) is 0 Å². The molecule has 0 saturated carbocycles. The zero-order valence-electron chi connectivity index (χ0n) is 10.7. The predicted molar refractivity (Wildman–Crippen MR) is 70.4 cm³/mol. The smallest absolute Gasteiger partial charge is 0.335 e. The summed E-state index contributed by atoms with van der Waals surface area (Å²) >= 11 is 0. The number of nitrogens with zero attached hydrogens (tertiary/aromatic N) is 1. The monoisotopic (exact) mass is 286 g/mol. The Morgan fingerprint density at radius 1 is 1.19 bits per heavy atom. The summed E-state index contributed by atoms with van der Waals surface area (Å²) in [6.45, 7) is 0.183. The third-order valence-corrected chi connectivity index (χ3v) is 2.72. The molecule has 0 aromatic carbocycles. The lowest BCUT2D eigenvalue weighted by molar-refractivity contribution is 0.0947. The fourth-order valence-corrected chi connectivity index (χ4v) is 1.69. The summed E-state index contributed by atoms with van der Waals surface area (Å²) in [6.07, 6.45) is 2.64. The zero-order valence-corrected chi connectivity index (χ0v) is 10.7. The van der Waals surface area contributed by atoms with E-state index in [1.165, 1.54) is 18.4 Å². The highest BCUT2D eigenvalue weighted by atomic mass is 16.5. The van der Waals surface area contributed by atoms with Crippen molar-refractivity contribution in [3.63, 3.8) is 0 Å². The molecule has 0 bridgehead atoms. The number of carbonyl (C=O) groups excluding carboxylic acids is 1. The van der Waals surface area contributed by atoms with Crippen LogP contribution in [-0.4, -0.2) is 11.1 Å². The molecule has 7 nitrogen and oxygen atoms in total. The lowest BCUT2D eigenvalue weighted by Gasteiger charge is -2.01. The molecule has 1 N–H and O–H groups in total. The second-order valence-corrected chi connectivity index (χ2v) is 4.19. The van der Waals surface area contributed by atoms with Crippen molar-refractivity contribution in [3.05, 3.63) is 64.5 Å². The molecular weight excluding hydrogens is 276 g/mol. The SMILES string of the molecule is O=C(NCc1cc(-c2ccco2)on1)c1ccc(=O)oc1.